The smallest absolute Gasteiger partial charge is 0.248 e. The first-order valence-corrected chi connectivity index (χ1v) is 15.7. The predicted molar refractivity (Wildman–Crippen MR) is 166 cm³/mol. The summed E-state index contributed by atoms with van der Waals surface area (Å²) in [6.45, 7) is 4.92. The summed E-state index contributed by atoms with van der Waals surface area (Å²) in [5.41, 5.74) is 0.357. The molecule has 2 N–H and O–H groups in total. The van der Waals surface area contributed by atoms with Crippen molar-refractivity contribution in [3.8, 4) is 11.5 Å². The first kappa shape index (κ1) is 31.8. The fourth-order valence-corrected chi connectivity index (χ4v) is 6.86. The molecular formula is C32H43BrClN3O4. The molecule has 0 aromatic heterocycles. The molecule has 7 nitrogen and oxygen atoms in total. The molecule has 2 amide bonds. The molecule has 1 saturated carbocycles. The SMILES string of the molecule is CCCCN1C(=O)[C@@H]([C@H](O)C2CCCCC2)NC(=O)C12CCN(Cc1ccc(Oc3ccc(Br)cc3)cc1)CC2.Cl. The minimum Gasteiger partial charge on any atom is -0.457 e. The molecule has 0 radical (unpaired) electrons. The van der Waals surface area contributed by atoms with Crippen molar-refractivity contribution >= 4 is 40.2 Å². The van der Waals surface area contributed by atoms with Gasteiger partial charge in [0.1, 0.15) is 23.1 Å². The Kier molecular flexibility index (Phi) is 11.1. The summed E-state index contributed by atoms with van der Waals surface area (Å²) in [5, 5.41) is 14.2. The highest BCUT2D eigenvalue weighted by Gasteiger charge is 2.55. The van der Waals surface area contributed by atoms with Crippen LogP contribution in [0.5, 0.6) is 11.5 Å². The number of piperazine rings is 1. The second-order valence-corrected chi connectivity index (χ2v) is 12.6. The highest BCUT2D eigenvalue weighted by Crippen LogP contribution is 2.36. The van der Waals surface area contributed by atoms with E-state index >= 15 is 0 Å². The Hall–Kier alpha value is -2.13. The summed E-state index contributed by atoms with van der Waals surface area (Å²) in [7, 11) is 0. The Balaban J connectivity index is 0.00000387. The van der Waals surface area contributed by atoms with Gasteiger partial charge in [0.25, 0.3) is 0 Å². The van der Waals surface area contributed by atoms with Crippen molar-refractivity contribution in [3.05, 3.63) is 58.6 Å². The number of nitrogens with one attached hydrogen (secondary N) is 1. The molecule has 5 rings (SSSR count). The summed E-state index contributed by atoms with van der Waals surface area (Å²) < 4.78 is 6.96. The number of nitrogens with zero attached hydrogens (tertiary/aromatic N) is 2. The topological polar surface area (TPSA) is 82.1 Å². The van der Waals surface area contributed by atoms with Gasteiger partial charge in [-0.15, -0.1) is 12.4 Å². The van der Waals surface area contributed by atoms with Crippen LogP contribution in [-0.4, -0.2) is 64.0 Å². The van der Waals surface area contributed by atoms with Crippen LogP contribution in [0.4, 0.5) is 0 Å². The van der Waals surface area contributed by atoms with Crippen LogP contribution in [0.3, 0.4) is 0 Å². The zero-order valence-electron chi connectivity index (χ0n) is 23.9. The van der Waals surface area contributed by atoms with E-state index in [-0.39, 0.29) is 30.1 Å². The number of likely N-dealkylation sites (tertiary alicyclic amines) is 1. The standard InChI is InChI=1S/C32H42BrN3O4.ClH/c1-2-3-19-36-30(38)28(29(37)24-7-5-4-6-8-24)34-31(39)32(36)17-20-35(21-18-32)22-23-9-13-26(14-10-23)40-27-15-11-25(33)12-16-27;/h9-16,24,28-29,37H,2-8,17-22H2,1H3,(H,34,39);1H/t28-,29-;/m1./s1. The second kappa shape index (κ2) is 14.4. The van der Waals surface area contributed by atoms with Gasteiger partial charge in [-0.3, -0.25) is 14.5 Å². The van der Waals surface area contributed by atoms with E-state index < -0.39 is 17.7 Å². The molecule has 1 aliphatic carbocycles. The predicted octanol–water partition coefficient (Wildman–Crippen LogP) is 6.07. The van der Waals surface area contributed by atoms with Crippen molar-refractivity contribution in [1.29, 1.82) is 0 Å². The van der Waals surface area contributed by atoms with Gasteiger partial charge in [0.05, 0.1) is 6.10 Å². The van der Waals surface area contributed by atoms with E-state index in [9.17, 15) is 14.7 Å². The van der Waals surface area contributed by atoms with Gasteiger partial charge in [-0.05, 0) is 80.0 Å². The van der Waals surface area contributed by atoms with E-state index in [1.807, 2.05) is 41.3 Å². The van der Waals surface area contributed by atoms with Gasteiger partial charge in [-0.25, -0.2) is 0 Å². The third-order valence-corrected chi connectivity index (χ3v) is 9.56. The summed E-state index contributed by atoms with van der Waals surface area (Å²) in [4.78, 5) is 31.7. The van der Waals surface area contributed by atoms with Crippen molar-refractivity contribution < 1.29 is 19.4 Å². The molecule has 2 aliphatic heterocycles. The third-order valence-electron chi connectivity index (χ3n) is 9.03. The Morgan fingerprint density at radius 3 is 2.22 bits per heavy atom. The Bertz CT molecular complexity index is 1150. The van der Waals surface area contributed by atoms with Crippen molar-refractivity contribution in [2.45, 2.75) is 88.9 Å². The lowest BCUT2D eigenvalue weighted by Gasteiger charge is -2.52. The van der Waals surface area contributed by atoms with E-state index in [1.165, 1.54) is 12.0 Å². The summed E-state index contributed by atoms with van der Waals surface area (Å²) in [5.74, 6) is 1.48. The molecule has 224 valence electrons. The molecule has 9 heteroatoms. The molecular weight excluding hydrogens is 606 g/mol. The average molecular weight is 649 g/mol. The van der Waals surface area contributed by atoms with Gasteiger partial charge in [-0.1, -0.05) is 60.7 Å². The fraction of sp³-hybridized carbons (Fsp3) is 0.562. The maximum Gasteiger partial charge on any atom is 0.248 e. The Morgan fingerprint density at radius 1 is 1.00 bits per heavy atom. The maximum atomic E-state index is 13.8. The van der Waals surface area contributed by atoms with Crippen molar-refractivity contribution in [1.82, 2.24) is 15.1 Å². The van der Waals surface area contributed by atoms with Gasteiger partial charge < -0.3 is 20.1 Å². The van der Waals surface area contributed by atoms with Crippen molar-refractivity contribution in [2.75, 3.05) is 19.6 Å². The normalized spacial score (nSPS) is 22.2. The number of piperidine rings is 1. The largest absolute Gasteiger partial charge is 0.457 e. The third kappa shape index (κ3) is 7.27. The average Bonchev–Trinajstić information content (AvgIpc) is 2.98. The number of carbonyl (C=O) groups is 2. The molecule has 2 aromatic rings. The quantitative estimate of drug-likeness (QED) is 0.345. The number of hydrogen-bond acceptors (Lipinski definition) is 5. The lowest BCUT2D eigenvalue weighted by Crippen LogP contribution is -2.75. The van der Waals surface area contributed by atoms with Gasteiger partial charge in [0.15, 0.2) is 0 Å². The van der Waals surface area contributed by atoms with Crippen LogP contribution < -0.4 is 10.1 Å². The Labute approximate surface area is 258 Å². The molecule has 3 aliphatic rings. The van der Waals surface area contributed by atoms with Crippen LogP contribution in [0.15, 0.2) is 53.0 Å². The van der Waals surface area contributed by atoms with E-state index in [0.29, 0.717) is 19.4 Å². The minimum absolute atomic E-state index is 0. The zero-order chi connectivity index (χ0) is 28.1. The number of rotatable bonds is 9. The molecule has 2 heterocycles. The molecule has 41 heavy (non-hydrogen) atoms. The van der Waals surface area contributed by atoms with Crippen LogP contribution in [0.25, 0.3) is 0 Å². The Morgan fingerprint density at radius 2 is 1.61 bits per heavy atom. The number of halogens is 2. The molecule has 3 fully saturated rings. The zero-order valence-corrected chi connectivity index (χ0v) is 26.3. The monoisotopic (exact) mass is 647 g/mol. The highest BCUT2D eigenvalue weighted by atomic mass is 79.9. The second-order valence-electron chi connectivity index (χ2n) is 11.7. The van der Waals surface area contributed by atoms with Gasteiger partial charge >= 0.3 is 0 Å². The number of benzene rings is 2. The molecule has 2 atom stereocenters. The number of aliphatic hydroxyl groups excluding tert-OH is 1. The molecule has 2 saturated heterocycles. The first-order valence-electron chi connectivity index (χ1n) is 14.9. The van der Waals surface area contributed by atoms with Crippen LogP contribution in [0.1, 0.15) is 70.3 Å². The van der Waals surface area contributed by atoms with Gasteiger partial charge in [0.2, 0.25) is 11.8 Å². The number of aliphatic hydroxyl groups is 1. The first-order chi connectivity index (χ1) is 19.4. The minimum atomic E-state index is -0.825. The van der Waals surface area contributed by atoms with E-state index in [4.69, 9.17) is 4.74 Å². The van der Waals surface area contributed by atoms with E-state index in [1.54, 1.807) is 0 Å². The summed E-state index contributed by atoms with van der Waals surface area (Å²) in [6, 6.07) is 15.1. The lowest BCUT2D eigenvalue weighted by molar-refractivity contribution is -0.166. The highest BCUT2D eigenvalue weighted by molar-refractivity contribution is 9.10. The van der Waals surface area contributed by atoms with Crippen molar-refractivity contribution in [2.24, 2.45) is 5.92 Å². The van der Waals surface area contributed by atoms with Crippen LogP contribution in [0, 0.1) is 5.92 Å². The summed E-state index contributed by atoms with van der Waals surface area (Å²) in [6.07, 6.45) is 7.38. The maximum absolute atomic E-state index is 13.8. The number of amides is 2. The number of hydrogen-bond donors (Lipinski definition) is 2. The number of ether oxygens (including phenoxy) is 1. The van der Waals surface area contributed by atoms with Gasteiger partial charge in [-0.2, -0.15) is 0 Å². The molecule has 1 spiro atoms. The molecule has 0 bridgehead atoms. The molecule has 0 unspecified atom stereocenters. The summed E-state index contributed by atoms with van der Waals surface area (Å²) >= 11 is 3.44. The molecule has 2 aromatic carbocycles. The number of carbonyl (C=O) groups excluding carboxylic acids is 2. The van der Waals surface area contributed by atoms with Crippen LogP contribution in [0.2, 0.25) is 0 Å². The van der Waals surface area contributed by atoms with Gasteiger partial charge in [0, 0.05) is 30.7 Å². The van der Waals surface area contributed by atoms with Crippen molar-refractivity contribution in [3.63, 3.8) is 0 Å². The number of unbranched alkanes of at least 4 members (excludes halogenated alkanes) is 1. The van der Waals surface area contributed by atoms with Crippen LogP contribution >= 0.6 is 28.3 Å². The van der Waals surface area contributed by atoms with Crippen LogP contribution in [-0.2, 0) is 16.1 Å². The fourth-order valence-electron chi connectivity index (χ4n) is 6.60. The van der Waals surface area contributed by atoms with E-state index in [2.05, 4.69) is 45.2 Å². The van der Waals surface area contributed by atoms with E-state index in [0.717, 1.165) is 74.1 Å². The lowest BCUT2D eigenvalue weighted by atomic mass is 9.78.